The van der Waals surface area contributed by atoms with Gasteiger partial charge in [-0.15, -0.1) is 0 Å². The number of carbonyl (C=O) groups excluding carboxylic acids is 1. The van der Waals surface area contributed by atoms with Crippen LogP contribution in [0.25, 0.3) is 0 Å². The summed E-state index contributed by atoms with van der Waals surface area (Å²) in [6.45, 7) is -1.22. The average Bonchev–Trinajstić information content (AvgIpc) is 2.53. The molecule has 1 amide bonds. The summed E-state index contributed by atoms with van der Waals surface area (Å²) in [6, 6.07) is 9.80. The van der Waals surface area contributed by atoms with Crippen molar-refractivity contribution in [1.29, 1.82) is 0 Å². The van der Waals surface area contributed by atoms with Crippen molar-refractivity contribution < 1.29 is 22.7 Å². The fourth-order valence-corrected chi connectivity index (χ4v) is 2.33. The van der Waals surface area contributed by atoms with Gasteiger partial charge in [0.15, 0.2) is 0 Å². The van der Waals surface area contributed by atoms with E-state index in [4.69, 9.17) is 0 Å². The van der Waals surface area contributed by atoms with Crippen molar-refractivity contribution in [3.63, 3.8) is 0 Å². The molecule has 0 saturated heterocycles. The molecule has 0 saturated carbocycles. The molecular weight excluding hydrogens is 333 g/mol. The number of nitrogens with one attached hydrogen (secondary N) is 1. The molecule has 0 bridgehead atoms. The van der Waals surface area contributed by atoms with Crippen molar-refractivity contribution in [2.45, 2.75) is 19.6 Å². The summed E-state index contributed by atoms with van der Waals surface area (Å²) in [6.07, 6.45) is 0. The van der Waals surface area contributed by atoms with E-state index in [9.17, 15) is 18.0 Å². The Morgan fingerprint density at radius 1 is 1.16 bits per heavy atom. The Hall–Kier alpha value is -2.70. The van der Waals surface area contributed by atoms with Gasteiger partial charge in [0.1, 0.15) is 11.6 Å². The summed E-state index contributed by atoms with van der Waals surface area (Å²) in [5.74, 6) is -0.954. The lowest BCUT2D eigenvalue weighted by Gasteiger charge is -2.17. The highest BCUT2D eigenvalue weighted by atomic mass is 19.3. The Morgan fingerprint density at radius 2 is 1.88 bits per heavy atom. The van der Waals surface area contributed by atoms with Crippen LogP contribution in [0.5, 0.6) is 5.75 Å². The van der Waals surface area contributed by atoms with Gasteiger partial charge >= 0.3 is 6.61 Å². The van der Waals surface area contributed by atoms with Gasteiger partial charge in [0.05, 0.1) is 11.7 Å². The number of hydrogen-bond acceptors (Lipinski definition) is 3. The fourth-order valence-electron chi connectivity index (χ4n) is 2.33. The maximum Gasteiger partial charge on any atom is 0.387 e. The van der Waals surface area contributed by atoms with Gasteiger partial charge < -0.3 is 15.0 Å². The van der Waals surface area contributed by atoms with Gasteiger partial charge in [0, 0.05) is 19.7 Å². The van der Waals surface area contributed by atoms with Crippen LogP contribution in [0.1, 0.15) is 28.9 Å². The highest BCUT2D eigenvalue weighted by Gasteiger charge is 2.15. The maximum atomic E-state index is 14.0. The lowest BCUT2D eigenvalue weighted by Crippen LogP contribution is -2.27. The predicted octanol–water partition coefficient (Wildman–Crippen LogP) is 3.98. The molecule has 0 aliphatic rings. The normalized spacial score (nSPS) is 12.0. The second kappa shape index (κ2) is 7.92. The lowest BCUT2D eigenvalue weighted by molar-refractivity contribution is -0.0499. The Labute approximate surface area is 144 Å². The number of carbonyl (C=O) groups is 1. The van der Waals surface area contributed by atoms with E-state index in [2.05, 4.69) is 10.1 Å². The standard InChI is InChI=1S/C18H19F3N2O2/c1-11(12-5-4-6-14(9-12)25-18(20)21)22-17(24)13-7-8-16(23(2)3)15(19)10-13/h4-11,18H,1-3H3,(H,22,24). The molecular formula is C18H19F3N2O2. The van der Waals surface area contributed by atoms with Gasteiger partial charge in [-0.05, 0) is 42.8 Å². The van der Waals surface area contributed by atoms with Gasteiger partial charge in [0.2, 0.25) is 0 Å². The van der Waals surface area contributed by atoms with Crippen molar-refractivity contribution in [3.05, 3.63) is 59.4 Å². The number of benzene rings is 2. The van der Waals surface area contributed by atoms with Crippen molar-refractivity contribution in [2.24, 2.45) is 0 Å². The quantitative estimate of drug-likeness (QED) is 0.855. The van der Waals surface area contributed by atoms with Gasteiger partial charge in [-0.25, -0.2) is 4.39 Å². The number of rotatable bonds is 6. The molecule has 0 aliphatic heterocycles. The van der Waals surface area contributed by atoms with Crippen LogP contribution < -0.4 is 15.0 Å². The van der Waals surface area contributed by atoms with E-state index in [1.807, 2.05) is 0 Å². The van der Waals surface area contributed by atoms with Crippen LogP contribution in [0.3, 0.4) is 0 Å². The van der Waals surface area contributed by atoms with E-state index in [0.29, 0.717) is 11.3 Å². The molecule has 0 spiro atoms. The monoisotopic (exact) mass is 352 g/mol. The van der Waals surface area contributed by atoms with Gasteiger partial charge in [-0.2, -0.15) is 8.78 Å². The van der Waals surface area contributed by atoms with E-state index in [1.54, 1.807) is 38.1 Å². The van der Waals surface area contributed by atoms with E-state index in [-0.39, 0.29) is 11.3 Å². The van der Waals surface area contributed by atoms with E-state index in [0.717, 1.165) is 6.07 Å². The molecule has 4 nitrogen and oxygen atoms in total. The number of hydrogen-bond donors (Lipinski definition) is 1. The molecule has 0 heterocycles. The molecule has 1 N–H and O–H groups in total. The van der Waals surface area contributed by atoms with Crippen molar-refractivity contribution in [2.75, 3.05) is 19.0 Å². The van der Waals surface area contributed by atoms with Gasteiger partial charge in [0.25, 0.3) is 5.91 Å². The number of alkyl halides is 2. The molecule has 2 aromatic carbocycles. The zero-order valence-corrected chi connectivity index (χ0v) is 14.1. The first-order chi connectivity index (χ1) is 11.8. The second-order valence-corrected chi connectivity index (χ2v) is 5.71. The number of halogens is 3. The van der Waals surface area contributed by atoms with Crippen molar-refractivity contribution in [3.8, 4) is 5.75 Å². The molecule has 0 fully saturated rings. The van der Waals surface area contributed by atoms with E-state index >= 15 is 0 Å². The lowest BCUT2D eigenvalue weighted by atomic mass is 10.1. The van der Waals surface area contributed by atoms with Gasteiger partial charge in [-0.1, -0.05) is 12.1 Å². The number of amides is 1. The predicted molar refractivity (Wildman–Crippen MR) is 89.7 cm³/mol. The Balaban J connectivity index is 2.11. The first kappa shape index (κ1) is 18.6. The topological polar surface area (TPSA) is 41.6 Å². The largest absolute Gasteiger partial charge is 0.435 e. The minimum Gasteiger partial charge on any atom is -0.435 e. The third-order valence-electron chi connectivity index (χ3n) is 3.62. The zero-order valence-electron chi connectivity index (χ0n) is 14.1. The highest BCUT2D eigenvalue weighted by molar-refractivity contribution is 5.94. The molecule has 1 atom stereocenters. The van der Waals surface area contributed by atoms with Crippen molar-refractivity contribution >= 4 is 11.6 Å². The fraction of sp³-hybridized carbons (Fsp3) is 0.278. The minimum atomic E-state index is -2.92. The number of anilines is 1. The third kappa shape index (κ3) is 4.89. The first-order valence-corrected chi connectivity index (χ1v) is 7.60. The summed E-state index contributed by atoms with van der Waals surface area (Å²) < 4.78 is 42.9. The van der Waals surface area contributed by atoms with Crippen LogP contribution in [0.15, 0.2) is 42.5 Å². The second-order valence-electron chi connectivity index (χ2n) is 5.71. The molecule has 134 valence electrons. The zero-order chi connectivity index (χ0) is 18.6. The molecule has 7 heteroatoms. The summed E-state index contributed by atoms with van der Waals surface area (Å²) in [5.41, 5.74) is 1.15. The Bertz CT molecular complexity index is 751. The van der Waals surface area contributed by atoms with E-state index < -0.39 is 24.4 Å². The van der Waals surface area contributed by atoms with Crippen molar-refractivity contribution in [1.82, 2.24) is 5.32 Å². The summed E-state index contributed by atoms with van der Waals surface area (Å²) in [5, 5.41) is 2.71. The van der Waals surface area contributed by atoms with Crippen LogP contribution in [0, 0.1) is 5.82 Å². The Kier molecular flexibility index (Phi) is 5.90. The van der Waals surface area contributed by atoms with Crippen LogP contribution >= 0.6 is 0 Å². The minimum absolute atomic E-state index is 0.00924. The van der Waals surface area contributed by atoms with E-state index in [1.165, 1.54) is 24.3 Å². The molecule has 0 radical (unpaired) electrons. The highest BCUT2D eigenvalue weighted by Crippen LogP contribution is 2.22. The summed E-state index contributed by atoms with van der Waals surface area (Å²) >= 11 is 0. The van der Waals surface area contributed by atoms with Crippen LogP contribution in [-0.2, 0) is 0 Å². The molecule has 1 unspecified atom stereocenters. The first-order valence-electron chi connectivity index (χ1n) is 7.60. The SMILES string of the molecule is CC(NC(=O)c1ccc(N(C)C)c(F)c1)c1cccc(OC(F)F)c1. The van der Waals surface area contributed by atoms with Crippen LogP contribution in [-0.4, -0.2) is 26.6 Å². The average molecular weight is 352 g/mol. The molecule has 2 aromatic rings. The summed E-state index contributed by atoms with van der Waals surface area (Å²) in [7, 11) is 3.41. The third-order valence-corrected chi connectivity index (χ3v) is 3.62. The molecule has 0 aliphatic carbocycles. The van der Waals surface area contributed by atoms with Gasteiger partial charge in [-0.3, -0.25) is 4.79 Å². The maximum absolute atomic E-state index is 14.0. The number of nitrogens with zero attached hydrogens (tertiary/aromatic N) is 1. The Morgan fingerprint density at radius 3 is 2.48 bits per heavy atom. The summed E-state index contributed by atoms with van der Waals surface area (Å²) in [4.78, 5) is 13.9. The molecule has 0 aromatic heterocycles. The van der Waals surface area contributed by atoms with Crippen LogP contribution in [0.2, 0.25) is 0 Å². The smallest absolute Gasteiger partial charge is 0.387 e. The number of ether oxygens (including phenoxy) is 1. The van der Waals surface area contributed by atoms with Crippen LogP contribution in [0.4, 0.5) is 18.9 Å². The molecule has 25 heavy (non-hydrogen) atoms. The molecule has 2 rings (SSSR count).